The largest absolute Gasteiger partial charge is 0.496 e. The van der Waals surface area contributed by atoms with Gasteiger partial charge >= 0.3 is 0 Å². The highest BCUT2D eigenvalue weighted by Gasteiger charge is 2.19. The van der Waals surface area contributed by atoms with Crippen LogP contribution in [0.4, 0.5) is 0 Å². The molecule has 1 aliphatic heterocycles. The average Bonchev–Trinajstić information content (AvgIpc) is 2.70. The Bertz CT molecular complexity index is 970. The molecule has 1 aliphatic rings. The maximum atomic E-state index is 6.16. The smallest absolute Gasteiger partial charge is 0.143 e. The summed E-state index contributed by atoms with van der Waals surface area (Å²) in [6.45, 7) is 7.70. The third kappa shape index (κ3) is 4.27. The number of fused-ring (bicyclic) bond motifs is 1. The first-order valence-electron chi connectivity index (χ1n) is 9.62. The fraction of sp³-hybridized carbons (Fsp3) is 0.364. The van der Waals surface area contributed by atoms with Gasteiger partial charge < -0.3 is 4.74 Å². The van der Waals surface area contributed by atoms with Crippen LogP contribution >= 0.6 is 11.6 Å². The quantitative estimate of drug-likeness (QED) is 0.653. The number of benzene rings is 2. The minimum absolute atomic E-state index is 0.748. The van der Waals surface area contributed by atoms with Gasteiger partial charge in [0, 0.05) is 54.4 Å². The Labute approximate surface area is 170 Å². The zero-order chi connectivity index (χ0) is 19.5. The first-order valence-corrected chi connectivity index (χ1v) is 9.99. The Kier molecular flexibility index (Phi) is 5.76. The second-order valence-corrected chi connectivity index (χ2v) is 7.69. The van der Waals surface area contributed by atoms with E-state index in [0.29, 0.717) is 0 Å². The Morgan fingerprint density at radius 2 is 1.68 bits per heavy atom. The van der Waals surface area contributed by atoms with Crippen molar-refractivity contribution in [3.63, 3.8) is 0 Å². The highest BCUT2D eigenvalue weighted by Crippen LogP contribution is 2.24. The molecular weight excluding hydrogens is 372 g/mol. The molecular formula is C22H25ClN4O. The van der Waals surface area contributed by atoms with Crippen LogP contribution in [0.2, 0.25) is 5.02 Å². The van der Waals surface area contributed by atoms with Crippen LogP contribution in [0.25, 0.3) is 10.9 Å². The molecule has 0 atom stereocenters. The van der Waals surface area contributed by atoms with Crippen LogP contribution in [0, 0.1) is 6.92 Å². The number of nitrogens with zero attached hydrogens (tertiary/aromatic N) is 4. The lowest BCUT2D eigenvalue weighted by molar-refractivity contribution is 0.119. The molecule has 6 heteroatoms. The Balaban J connectivity index is 1.38. The lowest BCUT2D eigenvalue weighted by atomic mass is 10.1. The van der Waals surface area contributed by atoms with Crippen LogP contribution in [-0.4, -0.2) is 53.1 Å². The summed E-state index contributed by atoms with van der Waals surface area (Å²) in [5, 5.41) is 1.88. The number of para-hydroxylation sites is 1. The number of halogens is 1. The Morgan fingerprint density at radius 3 is 2.43 bits per heavy atom. The van der Waals surface area contributed by atoms with E-state index in [9.17, 15) is 0 Å². The molecule has 0 N–H and O–H groups in total. The Hall–Kier alpha value is -2.21. The number of hydrogen-bond acceptors (Lipinski definition) is 5. The van der Waals surface area contributed by atoms with Crippen molar-refractivity contribution < 1.29 is 4.74 Å². The topological polar surface area (TPSA) is 41.5 Å². The van der Waals surface area contributed by atoms with Crippen LogP contribution in [0.1, 0.15) is 17.1 Å². The molecule has 3 aromatic rings. The minimum Gasteiger partial charge on any atom is -0.496 e. The van der Waals surface area contributed by atoms with E-state index < -0.39 is 0 Å². The predicted molar refractivity (Wildman–Crippen MR) is 113 cm³/mol. The molecule has 146 valence electrons. The number of methoxy groups -OCH3 is 1. The van der Waals surface area contributed by atoms with Crippen molar-refractivity contribution in [1.29, 1.82) is 0 Å². The maximum Gasteiger partial charge on any atom is 0.143 e. The van der Waals surface area contributed by atoms with Gasteiger partial charge in [0.2, 0.25) is 0 Å². The number of ether oxygens (including phenoxy) is 1. The van der Waals surface area contributed by atoms with Crippen LogP contribution in [0.3, 0.4) is 0 Å². The number of piperazine rings is 1. The van der Waals surface area contributed by atoms with E-state index in [-0.39, 0.29) is 0 Å². The summed E-state index contributed by atoms with van der Waals surface area (Å²) in [7, 11) is 1.70. The van der Waals surface area contributed by atoms with E-state index in [1.54, 1.807) is 7.11 Å². The number of rotatable bonds is 5. The molecule has 0 saturated carbocycles. The van der Waals surface area contributed by atoms with Crippen molar-refractivity contribution in [2.75, 3.05) is 33.3 Å². The first kappa shape index (κ1) is 19.1. The molecule has 0 spiro atoms. The summed E-state index contributed by atoms with van der Waals surface area (Å²) < 4.78 is 5.48. The van der Waals surface area contributed by atoms with Gasteiger partial charge in [0.25, 0.3) is 0 Å². The molecule has 4 rings (SSSR count). The highest BCUT2D eigenvalue weighted by molar-refractivity contribution is 6.30. The average molecular weight is 397 g/mol. The molecule has 1 aromatic heterocycles. The van der Waals surface area contributed by atoms with Crippen molar-refractivity contribution in [2.24, 2.45) is 0 Å². The molecule has 1 fully saturated rings. The zero-order valence-electron chi connectivity index (χ0n) is 16.4. The molecule has 0 unspecified atom stereocenters. The molecule has 0 aliphatic carbocycles. The van der Waals surface area contributed by atoms with Crippen molar-refractivity contribution in [3.8, 4) is 5.75 Å². The second kappa shape index (κ2) is 8.43. The summed E-state index contributed by atoms with van der Waals surface area (Å²) in [4.78, 5) is 14.3. The van der Waals surface area contributed by atoms with E-state index in [0.717, 1.165) is 78.0 Å². The van der Waals surface area contributed by atoms with E-state index in [1.165, 1.54) is 0 Å². The predicted octanol–water partition coefficient (Wildman–Crippen LogP) is 3.92. The molecule has 28 heavy (non-hydrogen) atoms. The van der Waals surface area contributed by atoms with Crippen molar-refractivity contribution in [2.45, 2.75) is 20.0 Å². The maximum absolute atomic E-state index is 6.16. The van der Waals surface area contributed by atoms with Crippen LogP contribution in [0.5, 0.6) is 5.75 Å². The normalized spacial score (nSPS) is 15.8. The summed E-state index contributed by atoms with van der Waals surface area (Å²) in [5.74, 6) is 1.80. The number of aryl methyl sites for hydroxylation is 1. The van der Waals surface area contributed by atoms with Gasteiger partial charge in [0.1, 0.15) is 11.6 Å². The van der Waals surface area contributed by atoms with Crippen molar-refractivity contribution in [1.82, 2.24) is 19.8 Å². The fourth-order valence-electron chi connectivity index (χ4n) is 3.78. The molecule has 2 heterocycles. The second-order valence-electron chi connectivity index (χ2n) is 7.25. The van der Waals surface area contributed by atoms with Gasteiger partial charge in [0.15, 0.2) is 0 Å². The molecule has 0 amide bonds. The Morgan fingerprint density at radius 1 is 0.964 bits per heavy atom. The van der Waals surface area contributed by atoms with Crippen LogP contribution in [-0.2, 0) is 13.1 Å². The lowest BCUT2D eigenvalue weighted by Gasteiger charge is -2.34. The number of aromatic nitrogens is 2. The summed E-state index contributed by atoms with van der Waals surface area (Å²) in [6, 6.07) is 14.0. The zero-order valence-corrected chi connectivity index (χ0v) is 17.1. The molecule has 2 aromatic carbocycles. The van der Waals surface area contributed by atoms with Crippen molar-refractivity contribution in [3.05, 3.63) is 64.6 Å². The third-order valence-corrected chi connectivity index (χ3v) is 5.54. The highest BCUT2D eigenvalue weighted by atomic mass is 35.5. The molecule has 0 radical (unpaired) electrons. The van der Waals surface area contributed by atoms with Gasteiger partial charge in [0.05, 0.1) is 19.2 Å². The van der Waals surface area contributed by atoms with E-state index in [4.69, 9.17) is 26.3 Å². The lowest BCUT2D eigenvalue weighted by Crippen LogP contribution is -2.45. The van der Waals surface area contributed by atoms with Gasteiger partial charge in [-0.05, 0) is 31.2 Å². The minimum atomic E-state index is 0.748. The van der Waals surface area contributed by atoms with Gasteiger partial charge in [-0.15, -0.1) is 0 Å². The van der Waals surface area contributed by atoms with Gasteiger partial charge in [-0.25, -0.2) is 9.97 Å². The molecule has 5 nitrogen and oxygen atoms in total. The van der Waals surface area contributed by atoms with Gasteiger partial charge in [-0.3, -0.25) is 9.80 Å². The first-order chi connectivity index (χ1) is 13.6. The van der Waals surface area contributed by atoms with E-state index in [2.05, 4.69) is 28.9 Å². The molecule has 1 saturated heterocycles. The monoisotopic (exact) mass is 396 g/mol. The standard InChI is InChI=1S/C22H25ClN4O/c1-16-19-5-3-4-6-20(19)25-22(24-16)15-27-11-9-26(10-12-27)14-17-13-18(23)7-8-21(17)28-2/h3-8,13H,9-12,14-15H2,1-2H3. The van der Waals surface area contributed by atoms with Crippen molar-refractivity contribution >= 4 is 22.5 Å². The van der Waals surface area contributed by atoms with Crippen LogP contribution in [0.15, 0.2) is 42.5 Å². The van der Waals surface area contributed by atoms with Gasteiger partial charge in [-0.1, -0.05) is 29.8 Å². The van der Waals surface area contributed by atoms with Crippen LogP contribution < -0.4 is 4.74 Å². The summed E-state index contributed by atoms with van der Waals surface area (Å²) >= 11 is 6.16. The number of hydrogen-bond donors (Lipinski definition) is 0. The van der Waals surface area contributed by atoms with E-state index in [1.807, 2.05) is 30.3 Å². The molecule has 0 bridgehead atoms. The summed E-state index contributed by atoms with van der Waals surface area (Å²) in [6.07, 6.45) is 0. The fourth-order valence-corrected chi connectivity index (χ4v) is 3.98. The summed E-state index contributed by atoms with van der Waals surface area (Å²) in [5.41, 5.74) is 3.21. The third-order valence-electron chi connectivity index (χ3n) is 5.31. The van der Waals surface area contributed by atoms with Gasteiger partial charge in [-0.2, -0.15) is 0 Å². The van der Waals surface area contributed by atoms with E-state index >= 15 is 0 Å². The SMILES string of the molecule is COc1ccc(Cl)cc1CN1CCN(Cc2nc(C)c3ccccc3n2)CC1.